The molecule has 29 heavy (non-hydrogen) atoms. The minimum atomic E-state index is -0.629. The molecular formula is C22H23BrN4O2. The SMILES string of the molecule is NC(C(=O)N1CCC(Nc2ccc3[nH]c(=O)ccc3c2)CC1)c1ccc(Br)cc1. The molecule has 1 saturated heterocycles. The van der Waals surface area contributed by atoms with Gasteiger partial charge in [-0.05, 0) is 54.8 Å². The second kappa shape index (κ2) is 8.39. The first-order chi connectivity index (χ1) is 14.0. The number of pyridine rings is 1. The Morgan fingerprint density at radius 2 is 1.83 bits per heavy atom. The summed E-state index contributed by atoms with van der Waals surface area (Å²) >= 11 is 3.40. The Labute approximate surface area is 177 Å². The highest BCUT2D eigenvalue weighted by Gasteiger charge is 2.27. The predicted molar refractivity (Wildman–Crippen MR) is 119 cm³/mol. The number of piperidine rings is 1. The Kier molecular flexibility index (Phi) is 5.69. The molecule has 0 spiro atoms. The van der Waals surface area contributed by atoms with Gasteiger partial charge in [0.25, 0.3) is 0 Å². The highest BCUT2D eigenvalue weighted by Crippen LogP contribution is 2.23. The van der Waals surface area contributed by atoms with Crippen molar-refractivity contribution in [2.45, 2.75) is 24.9 Å². The first kappa shape index (κ1) is 19.7. The summed E-state index contributed by atoms with van der Waals surface area (Å²) in [4.78, 5) is 28.9. The number of nitrogens with zero attached hydrogens (tertiary/aromatic N) is 1. The number of anilines is 1. The van der Waals surface area contributed by atoms with Crippen LogP contribution in [0.4, 0.5) is 5.69 Å². The van der Waals surface area contributed by atoms with E-state index in [1.54, 1.807) is 0 Å². The van der Waals surface area contributed by atoms with E-state index in [-0.39, 0.29) is 11.5 Å². The molecule has 1 aliphatic heterocycles. The molecule has 3 aromatic rings. The van der Waals surface area contributed by atoms with Gasteiger partial charge in [0.2, 0.25) is 11.5 Å². The van der Waals surface area contributed by atoms with Gasteiger partial charge in [-0.2, -0.15) is 0 Å². The van der Waals surface area contributed by atoms with Crippen LogP contribution >= 0.6 is 15.9 Å². The Morgan fingerprint density at radius 3 is 2.55 bits per heavy atom. The van der Waals surface area contributed by atoms with E-state index in [1.807, 2.05) is 53.4 Å². The number of fused-ring (bicyclic) bond motifs is 1. The van der Waals surface area contributed by atoms with E-state index < -0.39 is 6.04 Å². The lowest BCUT2D eigenvalue weighted by atomic mass is 10.0. The topological polar surface area (TPSA) is 91.2 Å². The molecule has 2 heterocycles. The molecule has 0 saturated carbocycles. The molecule has 150 valence electrons. The maximum atomic E-state index is 12.8. The van der Waals surface area contributed by atoms with Crippen LogP contribution in [0.1, 0.15) is 24.4 Å². The van der Waals surface area contributed by atoms with Crippen LogP contribution < -0.4 is 16.6 Å². The largest absolute Gasteiger partial charge is 0.382 e. The summed E-state index contributed by atoms with van der Waals surface area (Å²) in [6.45, 7) is 1.36. The zero-order chi connectivity index (χ0) is 20.4. The van der Waals surface area contributed by atoms with Crippen molar-refractivity contribution in [2.24, 2.45) is 5.73 Å². The zero-order valence-electron chi connectivity index (χ0n) is 15.9. The van der Waals surface area contributed by atoms with Gasteiger partial charge >= 0.3 is 0 Å². The number of aromatic nitrogens is 1. The molecule has 4 rings (SSSR count). The minimum Gasteiger partial charge on any atom is -0.382 e. The molecule has 0 bridgehead atoms. The van der Waals surface area contributed by atoms with E-state index in [0.29, 0.717) is 19.1 Å². The molecule has 6 nitrogen and oxygen atoms in total. The smallest absolute Gasteiger partial charge is 0.248 e. The van der Waals surface area contributed by atoms with Gasteiger partial charge in [-0.15, -0.1) is 0 Å². The summed E-state index contributed by atoms with van der Waals surface area (Å²) in [7, 11) is 0. The highest BCUT2D eigenvalue weighted by atomic mass is 79.9. The van der Waals surface area contributed by atoms with Crippen molar-refractivity contribution < 1.29 is 4.79 Å². The van der Waals surface area contributed by atoms with E-state index in [4.69, 9.17) is 5.73 Å². The monoisotopic (exact) mass is 454 g/mol. The number of H-pyrrole nitrogens is 1. The predicted octanol–water partition coefficient (Wildman–Crippen LogP) is 3.39. The average Bonchev–Trinajstić information content (AvgIpc) is 2.74. The summed E-state index contributed by atoms with van der Waals surface area (Å²) in [6, 6.07) is 16.5. The number of nitrogens with one attached hydrogen (secondary N) is 2. The molecule has 0 radical (unpaired) electrons. The van der Waals surface area contributed by atoms with Crippen LogP contribution in [-0.4, -0.2) is 34.9 Å². The van der Waals surface area contributed by atoms with Crippen molar-refractivity contribution in [1.29, 1.82) is 0 Å². The lowest BCUT2D eigenvalue weighted by molar-refractivity contribution is -0.133. The van der Waals surface area contributed by atoms with Crippen molar-refractivity contribution in [3.8, 4) is 0 Å². The van der Waals surface area contributed by atoms with Gasteiger partial charge in [0.1, 0.15) is 6.04 Å². The molecule has 1 fully saturated rings. The number of nitrogens with two attached hydrogens (primary N) is 1. The number of benzene rings is 2. The molecule has 4 N–H and O–H groups in total. The lowest BCUT2D eigenvalue weighted by Crippen LogP contribution is -2.45. The molecule has 1 unspecified atom stereocenters. The average molecular weight is 455 g/mol. The molecule has 0 aliphatic carbocycles. The summed E-state index contributed by atoms with van der Waals surface area (Å²) in [5.41, 5.74) is 8.76. The van der Waals surface area contributed by atoms with Crippen molar-refractivity contribution in [3.05, 3.63) is 75.0 Å². The van der Waals surface area contributed by atoms with Crippen LogP contribution in [0.2, 0.25) is 0 Å². The number of carbonyl (C=O) groups excluding carboxylic acids is 1. The van der Waals surface area contributed by atoms with Crippen molar-refractivity contribution in [1.82, 2.24) is 9.88 Å². The Hall–Kier alpha value is -2.64. The molecule has 1 aromatic heterocycles. The number of aromatic amines is 1. The van der Waals surface area contributed by atoms with E-state index in [1.165, 1.54) is 6.07 Å². The van der Waals surface area contributed by atoms with Crippen LogP contribution in [0.5, 0.6) is 0 Å². The number of rotatable bonds is 4. The van der Waals surface area contributed by atoms with Gasteiger partial charge in [0, 0.05) is 46.3 Å². The summed E-state index contributed by atoms with van der Waals surface area (Å²) in [5.74, 6) is -0.0274. The number of carbonyl (C=O) groups is 1. The van der Waals surface area contributed by atoms with E-state index in [2.05, 4.69) is 26.2 Å². The number of hydrogen-bond acceptors (Lipinski definition) is 4. The Balaban J connectivity index is 1.35. The summed E-state index contributed by atoms with van der Waals surface area (Å²) < 4.78 is 0.966. The summed E-state index contributed by atoms with van der Waals surface area (Å²) in [6.07, 6.45) is 1.73. The van der Waals surface area contributed by atoms with Crippen LogP contribution in [0, 0.1) is 0 Å². The number of hydrogen-bond donors (Lipinski definition) is 3. The number of halogens is 1. The second-order valence-corrected chi connectivity index (χ2v) is 8.31. The molecule has 2 aromatic carbocycles. The maximum absolute atomic E-state index is 12.8. The molecule has 7 heteroatoms. The first-order valence-corrected chi connectivity index (χ1v) is 10.5. The van der Waals surface area contributed by atoms with Gasteiger partial charge in [-0.3, -0.25) is 9.59 Å². The quantitative estimate of drug-likeness (QED) is 0.563. The zero-order valence-corrected chi connectivity index (χ0v) is 17.5. The van der Waals surface area contributed by atoms with Gasteiger partial charge in [-0.1, -0.05) is 28.1 Å². The lowest BCUT2D eigenvalue weighted by Gasteiger charge is -2.34. The van der Waals surface area contributed by atoms with Crippen LogP contribution in [0.3, 0.4) is 0 Å². The van der Waals surface area contributed by atoms with Crippen molar-refractivity contribution >= 4 is 38.4 Å². The van der Waals surface area contributed by atoms with E-state index in [0.717, 1.165) is 39.5 Å². The number of likely N-dealkylation sites (tertiary alicyclic amines) is 1. The normalized spacial score (nSPS) is 16.0. The van der Waals surface area contributed by atoms with Crippen molar-refractivity contribution in [2.75, 3.05) is 18.4 Å². The standard InChI is InChI=1S/C22H23BrN4O2/c23-16-4-1-14(2-5-16)21(24)22(29)27-11-9-17(10-12-27)25-18-6-7-19-15(13-18)3-8-20(28)26-19/h1-8,13,17,21,25H,9-12,24H2,(H,26,28). The third-order valence-corrected chi connectivity index (χ3v) is 5.92. The van der Waals surface area contributed by atoms with Crippen LogP contribution in [0.15, 0.2) is 63.9 Å². The fraction of sp³-hybridized carbons (Fsp3) is 0.273. The fourth-order valence-electron chi connectivity index (χ4n) is 3.73. The van der Waals surface area contributed by atoms with Crippen LogP contribution in [0.25, 0.3) is 10.9 Å². The molecule has 1 amide bonds. The van der Waals surface area contributed by atoms with Crippen molar-refractivity contribution in [3.63, 3.8) is 0 Å². The highest BCUT2D eigenvalue weighted by molar-refractivity contribution is 9.10. The van der Waals surface area contributed by atoms with E-state index >= 15 is 0 Å². The Morgan fingerprint density at radius 1 is 1.10 bits per heavy atom. The maximum Gasteiger partial charge on any atom is 0.248 e. The number of amides is 1. The summed E-state index contributed by atoms with van der Waals surface area (Å²) in [5, 5.41) is 4.54. The molecular weight excluding hydrogens is 432 g/mol. The minimum absolute atomic E-state index is 0.0274. The van der Waals surface area contributed by atoms with E-state index in [9.17, 15) is 9.59 Å². The first-order valence-electron chi connectivity index (χ1n) is 9.69. The van der Waals surface area contributed by atoms with Crippen LogP contribution in [-0.2, 0) is 4.79 Å². The molecule has 1 atom stereocenters. The molecule has 1 aliphatic rings. The van der Waals surface area contributed by atoms with Gasteiger partial charge in [0.05, 0.1) is 0 Å². The Bertz CT molecular complexity index is 1070. The third-order valence-electron chi connectivity index (χ3n) is 5.40. The third kappa shape index (κ3) is 4.52. The second-order valence-electron chi connectivity index (χ2n) is 7.40. The fourth-order valence-corrected chi connectivity index (χ4v) is 4.00. The van der Waals surface area contributed by atoms with Gasteiger partial charge in [0.15, 0.2) is 0 Å². The van der Waals surface area contributed by atoms with Gasteiger partial charge in [-0.25, -0.2) is 0 Å². The van der Waals surface area contributed by atoms with Gasteiger partial charge < -0.3 is 20.9 Å².